The van der Waals surface area contributed by atoms with Gasteiger partial charge in [0, 0.05) is 42.9 Å². The van der Waals surface area contributed by atoms with Crippen molar-refractivity contribution in [3.8, 4) is 0 Å². The van der Waals surface area contributed by atoms with E-state index in [1.54, 1.807) is 0 Å². The van der Waals surface area contributed by atoms with Crippen LogP contribution in [0.4, 0.5) is 0 Å². The zero-order valence-corrected chi connectivity index (χ0v) is 13.3. The van der Waals surface area contributed by atoms with Crippen LogP contribution in [0.25, 0.3) is 0 Å². The highest BCUT2D eigenvalue weighted by Crippen LogP contribution is 2.22. The quantitative estimate of drug-likeness (QED) is 0.844. The van der Waals surface area contributed by atoms with Crippen molar-refractivity contribution >= 4 is 34.2 Å². The molecule has 2 atom stereocenters. The van der Waals surface area contributed by atoms with Crippen LogP contribution in [-0.2, 0) is 7.05 Å². The summed E-state index contributed by atoms with van der Waals surface area (Å²) in [6.07, 6.45) is 5.60. The number of aryl methyl sites for hydroxylation is 1. The van der Waals surface area contributed by atoms with Crippen molar-refractivity contribution in [3.63, 3.8) is 0 Å². The Morgan fingerprint density at radius 1 is 1.37 bits per heavy atom. The Balaban J connectivity index is 0.00000133. The van der Waals surface area contributed by atoms with Crippen LogP contribution in [0.3, 0.4) is 0 Å². The maximum Gasteiger partial charge on any atom is 0.270 e. The first kappa shape index (κ1) is 14.9. The number of piperidine rings is 1. The van der Waals surface area contributed by atoms with Gasteiger partial charge in [-0.3, -0.25) is 4.79 Å². The molecule has 6 heteroatoms. The molecule has 1 N–H and O–H groups in total. The van der Waals surface area contributed by atoms with Crippen molar-refractivity contribution < 1.29 is 4.79 Å². The summed E-state index contributed by atoms with van der Waals surface area (Å²) in [7, 11) is 1.92. The van der Waals surface area contributed by atoms with Crippen molar-refractivity contribution in [2.45, 2.75) is 31.3 Å². The highest BCUT2D eigenvalue weighted by Gasteiger charge is 2.33. The van der Waals surface area contributed by atoms with E-state index >= 15 is 0 Å². The first-order valence-corrected chi connectivity index (χ1v) is 7.30. The van der Waals surface area contributed by atoms with Gasteiger partial charge in [-0.05, 0) is 34.8 Å². The Bertz CT molecular complexity index is 464. The number of hydrogen-bond acceptors (Lipinski definition) is 2. The van der Waals surface area contributed by atoms with Gasteiger partial charge in [-0.25, -0.2) is 0 Å². The van der Waals surface area contributed by atoms with E-state index in [1.165, 1.54) is 19.3 Å². The summed E-state index contributed by atoms with van der Waals surface area (Å²) in [6, 6.07) is 2.88. The second-order valence-electron chi connectivity index (χ2n) is 5.36. The van der Waals surface area contributed by atoms with Gasteiger partial charge in [0.2, 0.25) is 0 Å². The predicted octanol–water partition coefficient (Wildman–Crippen LogP) is 2.18. The largest absolute Gasteiger partial charge is 0.345 e. The highest BCUT2D eigenvalue weighted by atomic mass is 79.9. The van der Waals surface area contributed by atoms with E-state index in [9.17, 15) is 4.79 Å². The number of halogens is 2. The number of nitrogens with one attached hydrogen (secondary N) is 1. The van der Waals surface area contributed by atoms with Gasteiger partial charge in [0.1, 0.15) is 5.69 Å². The standard InChI is InChI=1S/C13H18BrN3O.ClH/c1-16-6-9(14)5-12(16)13(18)17-7-10-3-2-4-11(8-17)15-10;/h5-6,10-11,15H,2-4,7-8H2,1H3;1H. The molecule has 2 saturated heterocycles. The molecule has 2 aliphatic heterocycles. The normalized spacial score (nSPS) is 25.9. The molecule has 0 spiro atoms. The van der Waals surface area contributed by atoms with E-state index in [0.29, 0.717) is 12.1 Å². The molecule has 106 valence electrons. The third-order valence-electron chi connectivity index (χ3n) is 3.94. The zero-order chi connectivity index (χ0) is 12.7. The lowest BCUT2D eigenvalue weighted by Crippen LogP contribution is -2.60. The third kappa shape index (κ3) is 2.98. The summed E-state index contributed by atoms with van der Waals surface area (Å²) >= 11 is 3.42. The maximum atomic E-state index is 12.5. The molecule has 0 aromatic carbocycles. The summed E-state index contributed by atoms with van der Waals surface area (Å²) in [5.74, 6) is 0.154. The minimum absolute atomic E-state index is 0. The first-order chi connectivity index (χ1) is 8.63. The number of rotatable bonds is 1. The number of hydrogen-bond donors (Lipinski definition) is 1. The van der Waals surface area contributed by atoms with Gasteiger partial charge in [0.05, 0.1) is 0 Å². The van der Waals surface area contributed by atoms with Gasteiger partial charge in [-0.1, -0.05) is 6.42 Å². The van der Waals surface area contributed by atoms with Gasteiger partial charge in [0.15, 0.2) is 0 Å². The van der Waals surface area contributed by atoms with Crippen molar-refractivity contribution in [1.82, 2.24) is 14.8 Å². The van der Waals surface area contributed by atoms with E-state index in [0.717, 1.165) is 23.3 Å². The molecule has 2 aliphatic rings. The molecule has 0 aliphatic carbocycles. The first-order valence-electron chi connectivity index (χ1n) is 6.50. The molecule has 2 bridgehead atoms. The molecule has 0 radical (unpaired) electrons. The fourth-order valence-corrected chi connectivity index (χ4v) is 3.59. The molecule has 1 amide bonds. The maximum absolute atomic E-state index is 12.5. The Hall–Kier alpha value is -0.520. The average Bonchev–Trinajstić information content (AvgIpc) is 2.67. The molecule has 2 fully saturated rings. The van der Waals surface area contributed by atoms with Crippen LogP contribution < -0.4 is 5.32 Å². The van der Waals surface area contributed by atoms with Crippen LogP contribution in [0, 0.1) is 0 Å². The van der Waals surface area contributed by atoms with Gasteiger partial charge >= 0.3 is 0 Å². The Morgan fingerprint density at radius 2 is 2.00 bits per heavy atom. The van der Waals surface area contributed by atoms with Gasteiger partial charge < -0.3 is 14.8 Å². The lowest BCUT2D eigenvalue weighted by molar-refractivity contribution is 0.0599. The molecule has 3 heterocycles. The number of fused-ring (bicyclic) bond motifs is 2. The van der Waals surface area contributed by atoms with Crippen LogP contribution in [0.1, 0.15) is 29.8 Å². The van der Waals surface area contributed by atoms with E-state index in [1.807, 2.05) is 28.8 Å². The van der Waals surface area contributed by atoms with Crippen LogP contribution in [0.15, 0.2) is 16.7 Å². The Labute approximate surface area is 128 Å². The second-order valence-corrected chi connectivity index (χ2v) is 6.27. The van der Waals surface area contributed by atoms with Crippen molar-refractivity contribution in [1.29, 1.82) is 0 Å². The number of aromatic nitrogens is 1. The fourth-order valence-electron chi connectivity index (χ4n) is 3.07. The fraction of sp³-hybridized carbons (Fsp3) is 0.615. The van der Waals surface area contributed by atoms with Crippen LogP contribution in [0.2, 0.25) is 0 Å². The Kier molecular flexibility index (Phi) is 4.58. The molecular weight excluding hydrogens is 330 g/mol. The van der Waals surface area contributed by atoms with E-state index in [4.69, 9.17) is 0 Å². The minimum Gasteiger partial charge on any atom is -0.345 e. The molecule has 0 saturated carbocycles. The number of amides is 1. The van der Waals surface area contributed by atoms with Crippen LogP contribution >= 0.6 is 28.3 Å². The number of carbonyl (C=O) groups is 1. The molecular formula is C13H19BrClN3O. The summed E-state index contributed by atoms with van der Waals surface area (Å²) in [4.78, 5) is 14.5. The lowest BCUT2D eigenvalue weighted by Gasteiger charge is -2.42. The van der Waals surface area contributed by atoms with Gasteiger partial charge in [-0.2, -0.15) is 0 Å². The lowest BCUT2D eigenvalue weighted by atomic mass is 9.94. The summed E-state index contributed by atoms with van der Waals surface area (Å²) < 4.78 is 2.85. The molecule has 1 aromatic rings. The molecule has 3 rings (SSSR count). The monoisotopic (exact) mass is 347 g/mol. The minimum atomic E-state index is 0. The molecule has 4 nitrogen and oxygen atoms in total. The molecule has 19 heavy (non-hydrogen) atoms. The van der Waals surface area contributed by atoms with Crippen LogP contribution in [0.5, 0.6) is 0 Å². The summed E-state index contributed by atoms with van der Waals surface area (Å²) in [5, 5.41) is 3.60. The van der Waals surface area contributed by atoms with Gasteiger partial charge in [-0.15, -0.1) is 12.4 Å². The van der Waals surface area contributed by atoms with Gasteiger partial charge in [0.25, 0.3) is 5.91 Å². The highest BCUT2D eigenvalue weighted by molar-refractivity contribution is 9.10. The smallest absolute Gasteiger partial charge is 0.270 e. The summed E-state index contributed by atoms with van der Waals surface area (Å²) in [6.45, 7) is 1.69. The predicted molar refractivity (Wildman–Crippen MR) is 80.8 cm³/mol. The van der Waals surface area contributed by atoms with Crippen molar-refractivity contribution in [2.75, 3.05) is 13.1 Å². The van der Waals surface area contributed by atoms with Crippen LogP contribution in [-0.4, -0.2) is 40.5 Å². The van der Waals surface area contributed by atoms with Crippen molar-refractivity contribution in [3.05, 3.63) is 22.4 Å². The number of nitrogens with zero attached hydrogens (tertiary/aromatic N) is 2. The van der Waals surface area contributed by atoms with E-state index in [-0.39, 0.29) is 18.3 Å². The van der Waals surface area contributed by atoms with E-state index in [2.05, 4.69) is 21.2 Å². The number of likely N-dealkylation sites (tertiary alicyclic amines) is 1. The Morgan fingerprint density at radius 3 is 2.53 bits per heavy atom. The third-order valence-corrected chi connectivity index (χ3v) is 4.37. The zero-order valence-electron chi connectivity index (χ0n) is 10.9. The SMILES string of the molecule is Cl.Cn1cc(Br)cc1C(=O)N1CC2CCCC(C1)N2. The molecule has 1 aromatic heterocycles. The topological polar surface area (TPSA) is 37.3 Å². The average molecular weight is 349 g/mol. The number of piperazine rings is 1. The second kappa shape index (κ2) is 5.85. The summed E-state index contributed by atoms with van der Waals surface area (Å²) in [5.41, 5.74) is 0.766. The molecule has 2 unspecified atom stereocenters. The number of carbonyl (C=O) groups excluding carboxylic acids is 1. The van der Waals surface area contributed by atoms with E-state index < -0.39 is 0 Å². The van der Waals surface area contributed by atoms with Crippen molar-refractivity contribution in [2.24, 2.45) is 7.05 Å².